The third-order valence-corrected chi connectivity index (χ3v) is 4.28. The van der Waals surface area contributed by atoms with Crippen LogP contribution in [-0.2, 0) is 0 Å². The lowest BCUT2D eigenvalue weighted by atomic mass is 10.2. The van der Waals surface area contributed by atoms with E-state index in [-0.39, 0.29) is 0 Å². The molecule has 0 saturated carbocycles. The molecule has 5 heteroatoms. The molecule has 30 heavy (non-hydrogen) atoms. The SMILES string of the molecule is COc1ccc(N=C(Oc2cccc(C)c2)/C(C)=C/Oc2ccc(OC)cc2)cc1. The van der Waals surface area contributed by atoms with Gasteiger partial charge in [-0.2, -0.15) is 0 Å². The van der Waals surface area contributed by atoms with Gasteiger partial charge >= 0.3 is 0 Å². The first kappa shape index (κ1) is 21.0. The maximum atomic E-state index is 6.09. The number of hydrogen-bond acceptors (Lipinski definition) is 5. The van der Waals surface area contributed by atoms with Crippen LogP contribution in [0.3, 0.4) is 0 Å². The van der Waals surface area contributed by atoms with Gasteiger partial charge < -0.3 is 18.9 Å². The number of methoxy groups -OCH3 is 2. The van der Waals surface area contributed by atoms with Crippen molar-refractivity contribution < 1.29 is 18.9 Å². The number of nitrogens with zero attached hydrogens (tertiary/aromatic N) is 1. The molecule has 154 valence electrons. The fraction of sp³-hybridized carbons (Fsp3) is 0.160. The minimum atomic E-state index is 0.444. The van der Waals surface area contributed by atoms with Gasteiger partial charge in [-0.05, 0) is 80.1 Å². The number of aliphatic imine (C=N–C) groups is 1. The Morgan fingerprint density at radius 1 is 0.767 bits per heavy atom. The second kappa shape index (κ2) is 10.2. The van der Waals surface area contributed by atoms with Crippen molar-refractivity contribution in [2.75, 3.05) is 14.2 Å². The first-order valence-electron chi connectivity index (χ1n) is 9.52. The highest BCUT2D eigenvalue weighted by Gasteiger charge is 2.08. The summed E-state index contributed by atoms with van der Waals surface area (Å²) in [7, 11) is 3.26. The number of aryl methyl sites for hydroxylation is 1. The van der Waals surface area contributed by atoms with E-state index in [1.807, 2.05) is 86.6 Å². The lowest BCUT2D eigenvalue weighted by Gasteiger charge is -2.11. The van der Waals surface area contributed by atoms with Gasteiger partial charge in [0, 0.05) is 5.57 Å². The van der Waals surface area contributed by atoms with Crippen LogP contribution < -0.4 is 18.9 Å². The summed E-state index contributed by atoms with van der Waals surface area (Å²) in [4.78, 5) is 4.67. The molecule has 0 fully saturated rings. The molecular formula is C25H25NO4. The highest BCUT2D eigenvalue weighted by Crippen LogP contribution is 2.22. The molecule has 0 heterocycles. The Hall–Kier alpha value is -3.73. The van der Waals surface area contributed by atoms with Gasteiger partial charge in [-0.3, -0.25) is 0 Å². The Morgan fingerprint density at radius 2 is 1.37 bits per heavy atom. The Kier molecular flexibility index (Phi) is 7.11. The summed E-state index contributed by atoms with van der Waals surface area (Å²) in [6.45, 7) is 3.91. The fourth-order valence-corrected chi connectivity index (χ4v) is 2.62. The van der Waals surface area contributed by atoms with E-state index in [0.717, 1.165) is 28.3 Å². The summed E-state index contributed by atoms with van der Waals surface area (Å²) in [5.74, 6) is 3.38. The van der Waals surface area contributed by atoms with Crippen molar-refractivity contribution in [3.63, 3.8) is 0 Å². The molecule has 0 aliphatic rings. The minimum Gasteiger partial charge on any atom is -0.497 e. The molecule has 0 N–H and O–H groups in total. The molecule has 0 amide bonds. The van der Waals surface area contributed by atoms with Crippen LogP contribution in [0.5, 0.6) is 23.0 Å². The van der Waals surface area contributed by atoms with Crippen molar-refractivity contribution in [2.45, 2.75) is 13.8 Å². The smallest absolute Gasteiger partial charge is 0.225 e. The van der Waals surface area contributed by atoms with E-state index in [9.17, 15) is 0 Å². The normalized spacial score (nSPS) is 11.7. The van der Waals surface area contributed by atoms with Gasteiger partial charge in [0.1, 0.15) is 23.0 Å². The van der Waals surface area contributed by atoms with Crippen molar-refractivity contribution >= 4 is 11.6 Å². The molecule has 0 bridgehead atoms. The molecule has 0 radical (unpaired) electrons. The van der Waals surface area contributed by atoms with E-state index >= 15 is 0 Å². The summed E-state index contributed by atoms with van der Waals surface area (Å²) < 4.78 is 22.3. The van der Waals surface area contributed by atoms with Gasteiger partial charge in [0.05, 0.1) is 26.2 Å². The zero-order valence-corrected chi connectivity index (χ0v) is 17.6. The van der Waals surface area contributed by atoms with E-state index < -0.39 is 0 Å². The van der Waals surface area contributed by atoms with Crippen molar-refractivity contribution in [1.82, 2.24) is 0 Å². The van der Waals surface area contributed by atoms with Crippen molar-refractivity contribution in [2.24, 2.45) is 4.99 Å². The molecule has 3 rings (SSSR count). The zero-order valence-electron chi connectivity index (χ0n) is 17.6. The molecule has 0 unspecified atom stereocenters. The number of benzene rings is 3. The summed E-state index contributed by atoms with van der Waals surface area (Å²) >= 11 is 0. The molecular weight excluding hydrogens is 378 g/mol. The largest absolute Gasteiger partial charge is 0.497 e. The van der Waals surface area contributed by atoms with Gasteiger partial charge in [0.25, 0.3) is 0 Å². The van der Waals surface area contributed by atoms with Crippen LogP contribution >= 0.6 is 0 Å². The van der Waals surface area contributed by atoms with E-state index in [1.165, 1.54) is 0 Å². The summed E-state index contributed by atoms with van der Waals surface area (Å²) in [6, 6.07) is 22.6. The number of hydrogen-bond donors (Lipinski definition) is 0. The standard InChI is InChI=1S/C25H25NO4/c1-18-6-5-7-24(16-18)30-25(26-20-8-10-21(27-3)11-9-20)19(2)17-29-23-14-12-22(28-4)13-15-23/h5-17H,1-4H3/b19-17+,26-25?. The Balaban J connectivity index is 1.86. The minimum absolute atomic E-state index is 0.444. The van der Waals surface area contributed by atoms with Gasteiger partial charge in [-0.1, -0.05) is 12.1 Å². The summed E-state index contributed by atoms with van der Waals surface area (Å²) in [6.07, 6.45) is 1.62. The van der Waals surface area contributed by atoms with Crippen molar-refractivity contribution in [3.05, 3.63) is 90.2 Å². The van der Waals surface area contributed by atoms with Crippen LogP contribution in [0.2, 0.25) is 0 Å². The highest BCUT2D eigenvalue weighted by atomic mass is 16.5. The number of rotatable bonds is 7. The maximum absolute atomic E-state index is 6.09. The Bertz CT molecular complexity index is 1020. The van der Waals surface area contributed by atoms with Gasteiger partial charge in [0.15, 0.2) is 0 Å². The molecule has 0 aromatic heterocycles. The average Bonchev–Trinajstić information content (AvgIpc) is 2.78. The van der Waals surface area contributed by atoms with Crippen LogP contribution in [-0.4, -0.2) is 20.1 Å². The summed E-state index contributed by atoms with van der Waals surface area (Å²) in [5.41, 5.74) is 2.59. The van der Waals surface area contributed by atoms with Crippen LogP contribution in [0.4, 0.5) is 5.69 Å². The van der Waals surface area contributed by atoms with Crippen LogP contribution in [0, 0.1) is 6.92 Å². The van der Waals surface area contributed by atoms with Crippen molar-refractivity contribution in [1.29, 1.82) is 0 Å². The topological polar surface area (TPSA) is 49.3 Å². The lowest BCUT2D eigenvalue weighted by Crippen LogP contribution is -2.11. The average molecular weight is 403 g/mol. The van der Waals surface area contributed by atoms with Gasteiger partial charge in [-0.25, -0.2) is 4.99 Å². The predicted octanol–water partition coefficient (Wildman–Crippen LogP) is 6.10. The van der Waals surface area contributed by atoms with E-state index in [4.69, 9.17) is 18.9 Å². The van der Waals surface area contributed by atoms with Crippen LogP contribution in [0.1, 0.15) is 12.5 Å². The summed E-state index contributed by atoms with van der Waals surface area (Å²) in [5, 5.41) is 0. The van der Waals surface area contributed by atoms with E-state index in [1.54, 1.807) is 20.5 Å². The molecule has 0 spiro atoms. The third-order valence-electron chi connectivity index (χ3n) is 4.28. The molecule has 0 atom stereocenters. The quantitative estimate of drug-likeness (QED) is 0.271. The monoisotopic (exact) mass is 403 g/mol. The molecule has 0 aliphatic carbocycles. The van der Waals surface area contributed by atoms with E-state index in [0.29, 0.717) is 17.4 Å². The van der Waals surface area contributed by atoms with Crippen LogP contribution in [0.15, 0.2) is 89.6 Å². The first-order valence-corrected chi connectivity index (χ1v) is 9.52. The fourth-order valence-electron chi connectivity index (χ4n) is 2.62. The molecule has 3 aromatic carbocycles. The Morgan fingerprint density at radius 3 is 1.97 bits per heavy atom. The highest BCUT2D eigenvalue weighted by molar-refractivity contribution is 5.96. The second-order valence-electron chi connectivity index (χ2n) is 6.63. The first-order chi connectivity index (χ1) is 14.6. The van der Waals surface area contributed by atoms with E-state index in [2.05, 4.69) is 4.99 Å². The second-order valence-corrected chi connectivity index (χ2v) is 6.63. The molecule has 0 aliphatic heterocycles. The zero-order chi connectivity index (χ0) is 21.3. The lowest BCUT2D eigenvalue weighted by molar-refractivity contribution is 0.412. The molecule has 3 aromatic rings. The molecule has 5 nitrogen and oxygen atoms in total. The van der Waals surface area contributed by atoms with Crippen LogP contribution in [0.25, 0.3) is 0 Å². The Labute approximate surface area is 177 Å². The molecule has 0 saturated heterocycles. The maximum Gasteiger partial charge on any atom is 0.225 e. The van der Waals surface area contributed by atoms with Crippen molar-refractivity contribution in [3.8, 4) is 23.0 Å². The third kappa shape index (κ3) is 5.88. The number of ether oxygens (including phenoxy) is 4. The van der Waals surface area contributed by atoms with Gasteiger partial charge in [0.2, 0.25) is 5.90 Å². The van der Waals surface area contributed by atoms with Gasteiger partial charge in [-0.15, -0.1) is 0 Å². The predicted molar refractivity (Wildman–Crippen MR) is 119 cm³/mol.